The minimum absolute atomic E-state index is 0.00528. The number of rotatable bonds is 8. The Morgan fingerprint density at radius 1 is 1.41 bits per heavy atom. The highest BCUT2D eigenvalue weighted by molar-refractivity contribution is 7.98. The molecule has 2 rings (SSSR count). The number of furan rings is 1. The van der Waals surface area contributed by atoms with Gasteiger partial charge < -0.3 is 14.5 Å². The Labute approximate surface area is 139 Å². The summed E-state index contributed by atoms with van der Waals surface area (Å²) in [6, 6.07) is 9.12. The Morgan fingerprint density at radius 3 is 3.00 bits per heavy atom. The SMILES string of the molecule is Cc1cc(Cl)ccc1OCC(=O)NCCSCc1ccco1. The van der Waals surface area contributed by atoms with Crippen molar-refractivity contribution in [1.29, 1.82) is 0 Å². The summed E-state index contributed by atoms with van der Waals surface area (Å²) >= 11 is 7.58. The molecule has 0 fully saturated rings. The lowest BCUT2D eigenvalue weighted by atomic mass is 10.2. The lowest BCUT2D eigenvalue weighted by Crippen LogP contribution is -2.30. The molecule has 0 bridgehead atoms. The second kappa shape index (κ2) is 8.76. The summed E-state index contributed by atoms with van der Waals surface area (Å²) in [4.78, 5) is 11.7. The molecule has 0 aliphatic heterocycles. The summed E-state index contributed by atoms with van der Waals surface area (Å²) in [6.45, 7) is 2.50. The number of thioether (sulfide) groups is 1. The topological polar surface area (TPSA) is 51.5 Å². The summed E-state index contributed by atoms with van der Waals surface area (Å²) in [5.41, 5.74) is 0.911. The maximum Gasteiger partial charge on any atom is 0.257 e. The molecule has 1 amide bonds. The van der Waals surface area contributed by atoms with Gasteiger partial charge in [0, 0.05) is 17.3 Å². The maximum atomic E-state index is 11.7. The van der Waals surface area contributed by atoms with E-state index in [0.717, 1.165) is 22.8 Å². The standard InChI is InChI=1S/C16H18ClNO3S/c1-12-9-13(17)4-5-15(12)21-10-16(19)18-6-8-22-11-14-3-2-7-20-14/h2-5,7,9H,6,8,10-11H2,1H3,(H,18,19). The Balaban J connectivity index is 1.59. The van der Waals surface area contributed by atoms with Crippen molar-refractivity contribution in [2.75, 3.05) is 18.9 Å². The fraction of sp³-hybridized carbons (Fsp3) is 0.312. The molecule has 0 aliphatic rings. The molecule has 0 spiro atoms. The number of carbonyl (C=O) groups is 1. The van der Waals surface area contributed by atoms with E-state index in [-0.39, 0.29) is 12.5 Å². The zero-order chi connectivity index (χ0) is 15.8. The van der Waals surface area contributed by atoms with E-state index in [0.29, 0.717) is 17.3 Å². The van der Waals surface area contributed by atoms with Crippen molar-refractivity contribution in [1.82, 2.24) is 5.32 Å². The molecule has 0 aliphatic carbocycles. The van der Waals surface area contributed by atoms with Crippen LogP contribution in [0.4, 0.5) is 0 Å². The molecule has 1 heterocycles. The quantitative estimate of drug-likeness (QED) is 0.745. The van der Waals surface area contributed by atoms with Crippen LogP contribution < -0.4 is 10.1 Å². The van der Waals surface area contributed by atoms with Crippen LogP contribution in [0.3, 0.4) is 0 Å². The molecule has 1 aromatic carbocycles. The molecule has 0 radical (unpaired) electrons. The summed E-state index contributed by atoms with van der Waals surface area (Å²) in [5, 5.41) is 3.48. The van der Waals surface area contributed by atoms with E-state index in [1.165, 1.54) is 0 Å². The lowest BCUT2D eigenvalue weighted by molar-refractivity contribution is -0.122. The van der Waals surface area contributed by atoms with Crippen LogP contribution in [0.25, 0.3) is 0 Å². The number of aryl methyl sites for hydroxylation is 1. The maximum absolute atomic E-state index is 11.7. The second-order valence-corrected chi connectivity index (χ2v) is 6.22. The van der Waals surface area contributed by atoms with Crippen LogP contribution in [-0.2, 0) is 10.5 Å². The van der Waals surface area contributed by atoms with Gasteiger partial charge in [-0.2, -0.15) is 11.8 Å². The number of amides is 1. The van der Waals surface area contributed by atoms with E-state index in [1.54, 1.807) is 36.2 Å². The molecule has 0 atom stereocenters. The average Bonchev–Trinajstić information content (AvgIpc) is 2.99. The number of halogens is 1. The Bertz CT molecular complexity index is 601. The number of benzene rings is 1. The van der Waals surface area contributed by atoms with Crippen molar-refractivity contribution < 1.29 is 13.9 Å². The van der Waals surface area contributed by atoms with Crippen molar-refractivity contribution in [2.45, 2.75) is 12.7 Å². The van der Waals surface area contributed by atoms with Gasteiger partial charge in [-0.1, -0.05) is 11.6 Å². The van der Waals surface area contributed by atoms with Crippen LogP contribution in [0.15, 0.2) is 41.0 Å². The average molecular weight is 340 g/mol. The minimum atomic E-state index is -0.132. The monoisotopic (exact) mass is 339 g/mol. The first-order valence-corrected chi connectivity index (χ1v) is 8.44. The molecule has 0 unspecified atom stereocenters. The molecule has 118 valence electrons. The van der Waals surface area contributed by atoms with Crippen molar-refractivity contribution in [2.24, 2.45) is 0 Å². The molecule has 1 aromatic heterocycles. The van der Waals surface area contributed by atoms with Gasteiger partial charge in [0.25, 0.3) is 5.91 Å². The number of ether oxygens (including phenoxy) is 1. The van der Waals surface area contributed by atoms with E-state index in [9.17, 15) is 4.79 Å². The van der Waals surface area contributed by atoms with E-state index >= 15 is 0 Å². The van der Waals surface area contributed by atoms with Gasteiger partial charge in [0.15, 0.2) is 6.61 Å². The van der Waals surface area contributed by atoms with Crippen LogP contribution >= 0.6 is 23.4 Å². The first-order valence-electron chi connectivity index (χ1n) is 6.91. The van der Waals surface area contributed by atoms with Gasteiger partial charge in [-0.3, -0.25) is 4.79 Å². The normalized spacial score (nSPS) is 10.5. The first-order chi connectivity index (χ1) is 10.6. The van der Waals surface area contributed by atoms with E-state index < -0.39 is 0 Å². The highest BCUT2D eigenvalue weighted by Gasteiger charge is 2.05. The fourth-order valence-corrected chi connectivity index (χ4v) is 2.78. The molecular weight excluding hydrogens is 322 g/mol. The molecule has 4 nitrogen and oxygen atoms in total. The van der Waals surface area contributed by atoms with Crippen LogP contribution in [0.1, 0.15) is 11.3 Å². The summed E-state index contributed by atoms with van der Waals surface area (Å²) in [5.74, 6) is 3.12. The van der Waals surface area contributed by atoms with Crippen molar-refractivity contribution >= 4 is 29.3 Å². The minimum Gasteiger partial charge on any atom is -0.484 e. The van der Waals surface area contributed by atoms with Gasteiger partial charge in [-0.15, -0.1) is 0 Å². The zero-order valence-corrected chi connectivity index (χ0v) is 13.9. The van der Waals surface area contributed by atoms with Crippen LogP contribution in [0.5, 0.6) is 5.75 Å². The summed E-state index contributed by atoms with van der Waals surface area (Å²) in [7, 11) is 0. The Kier molecular flexibility index (Phi) is 6.68. The first kappa shape index (κ1) is 16.8. The molecule has 1 N–H and O–H groups in total. The van der Waals surface area contributed by atoms with Crippen LogP contribution in [0, 0.1) is 6.92 Å². The van der Waals surface area contributed by atoms with Crippen molar-refractivity contribution in [3.63, 3.8) is 0 Å². The van der Waals surface area contributed by atoms with Gasteiger partial charge in [0.05, 0.1) is 12.0 Å². The van der Waals surface area contributed by atoms with Gasteiger partial charge in [-0.05, 0) is 42.8 Å². The molecule has 0 saturated heterocycles. The largest absolute Gasteiger partial charge is 0.484 e. The smallest absolute Gasteiger partial charge is 0.257 e. The molecular formula is C16H18ClNO3S. The molecule has 6 heteroatoms. The van der Waals surface area contributed by atoms with Crippen LogP contribution in [0.2, 0.25) is 5.02 Å². The summed E-state index contributed by atoms with van der Waals surface area (Å²) in [6.07, 6.45) is 1.66. The number of carbonyl (C=O) groups excluding carboxylic acids is 1. The predicted molar refractivity (Wildman–Crippen MR) is 89.6 cm³/mol. The Morgan fingerprint density at radius 2 is 2.27 bits per heavy atom. The highest BCUT2D eigenvalue weighted by Crippen LogP contribution is 2.21. The number of hydrogen-bond donors (Lipinski definition) is 1. The fourth-order valence-electron chi connectivity index (χ4n) is 1.80. The third kappa shape index (κ3) is 5.66. The van der Waals surface area contributed by atoms with Crippen molar-refractivity contribution in [3.8, 4) is 5.75 Å². The second-order valence-electron chi connectivity index (χ2n) is 4.68. The van der Waals surface area contributed by atoms with Gasteiger partial charge in [0.2, 0.25) is 0 Å². The molecule has 2 aromatic rings. The third-order valence-corrected chi connectivity index (χ3v) is 4.11. The van der Waals surface area contributed by atoms with Gasteiger partial charge in [0.1, 0.15) is 11.5 Å². The highest BCUT2D eigenvalue weighted by atomic mass is 35.5. The predicted octanol–water partition coefficient (Wildman–Crippen LogP) is 3.67. The van der Waals surface area contributed by atoms with Crippen molar-refractivity contribution in [3.05, 3.63) is 52.9 Å². The number of nitrogens with one attached hydrogen (secondary N) is 1. The van der Waals surface area contributed by atoms with E-state index in [1.807, 2.05) is 19.1 Å². The molecule has 0 saturated carbocycles. The van der Waals surface area contributed by atoms with Gasteiger partial charge >= 0.3 is 0 Å². The zero-order valence-electron chi connectivity index (χ0n) is 12.3. The third-order valence-electron chi connectivity index (χ3n) is 2.89. The van der Waals surface area contributed by atoms with Crippen LogP contribution in [-0.4, -0.2) is 24.8 Å². The van der Waals surface area contributed by atoms with E-state index in [4.69, 9.17) is 20.8 Å². The number of hydrogen-bond acceptors (Lipinski definition) is 4. The Hall–Kier alpha value is -1.59. The lowest BCUT2D eigenvalue weighted by Gasteiger charge is -2.09. The molecule has 22 heavy (non-hydrogen) atoms. The summed E-state index contributed by atoms with van der Waals surface area (Å²) < 4.78 is 10.7. The van der Waals surface area contributed by atoms with E-state index in [2.05, 4.69) is 5.32 Å². The van der Waals surface area contributed by atoms with Gasteiger partial charge in [-0.25, -0.2) is 0 Å².